The SMILES string of the molecule is Cc1cc(C)c(NC(=O)[C@H](C)[NH+]2CCC(C)CC2)c(C)c1. The van der Waals surface area contributed by atoms with Crippen molar-refractivity contribution in [3.05, 3.63) is 28.8 Å². The molecular formula is C18H29N2O+. The Labute approximate surface area is 128 Å². The Morgan fingerprint density at radius 3 is 2.24 bits per heavy atom. The lowest BCUT2D eigenvalue weighted by atomic mass is 9.98. The van der Waals surface area contributed by atoms with Crippen LogP contribution in [0, 0.1) is 26.7 Å². The summed E-state index contributed by atoms with van der Waals surface area (Å²) in [6.07, 6.45) is 2.46. The molecule has 2 rings (SSSR count). The number of hydrogen-bond acceptors (Lipinski definition) is 1. The number of amides is 1. The van der Waals surface area contributed by atoms with E-state index in [1.54, 1.807) is 0 Å². The molecule has 1 saturated heterocycles. The van der Waals surface area contributed by atoms with Crippen LogP contribution < -0.4 is 10.2 Å². The molecule has 1 atom stereocenters. The van der Waals surface area contributed by atoms with Crippen molar-refractivity contribution in [3.63, 3.8) is 0 Å². The predicted molar refractivity (Wildman–Crippen MR) is 87.8 cm³/mol. The Morgan fingerprint density at radius 1 is 1.19 bits per heavy atom. The number of carbonyl (C=O) groups excluding carboxylic acids is 1. The molecule has 1 heterocycles. The maximum atomic E-state index is 12.6. The molecule has 0 spiro atoms. The average Bonchev–Trinajstić information content (AvgIpc) is 2.42. The molecule has 0 aliphatic carbocycles. The Morgan fingerprint density at radius 2 is 1.71 bits per heavy atom. The number of benzene rings is 1. The molecule has 1 aliphatic heterocycles. The van der Waals surface area contributed by atoms with Crippen LogP contribution in [0.5, 0.6) is 0 Å². The predicted octanol–water partition coefficient (Wildman–Crippen LogP) is 2.25. The van der Waals surface area contributed by atoms with Crippen LogP contribution in [-0.4, -0.2) is 25.0 Å². The van der Waals surface area contributed by atoms with E-state index >= 15 is 0 Å². The summed E-state index contributed by atoms with van der Waals surface area (Å²) in [4.78, 5) is 14.0. The standard InChI is InChI=1S/C18H28N2O/c1-12-6-8-20(9-7-12)16(5)18(21)19-17-14(3)10-13(2)11-15(17)4/h10-12,16H,6-9H2,1-5H3,(H,19,21)/p+1/t16-/m0/s1. The molecule has 21 heavy (non-hydrogen) atoms. The second-order valence-corrected chi connectivity index (χ2v) is 6.83. The van der Waals surface area contributed by atoms with Crippen molar-refractivity contribution in [1.82, 2.24) is 0 Å². The van der Waals surface area contributed by atoms with Crippen LogP contribution in [0.2, 0.25) is 0 Å². The molecule has 1 aromatic carbocycles. The van der Waals surface area contributed by atoms with Crippen LogP contribution in [0.1, 0.15) is 43.4 Å². The van der Waals surface area contributed by atoms with Gasteiger partial charge in [0.15, 0.2) is 6.04 Å². The van der Waals surface area contributed by atoms with Crippen LogP contribution in [-0.2, 0) is 4.79 Å². The molecule has 116 valence electrons. The third kappa shape index (κ3) is 3.85. The van der Waals surface area contributed by atoms with Gasteiger partial charge in [0.25, 0.3) is 5.91 Å². The van der Waals surface area contributed by atoms with Gasteiger partial charge in [-0.2, -0.15) is 0 Å². The molecule has 0 radical (unpaired) electrons. The second-order valence-electron chi connectivity index (χ2n) is 6.83. The van der Waals surface area contributed by atoms with Crippen molar-refractivity contribution < 1.29 is 9.69 Å². The zero-order chi connectivity index (χ0) is 15.6. The first-order valence-corrected chi connectivity index (χ1v) is 8.11. The average molecular weight is 289 g/mol. The van der Waals surface area contributed by atoms with Gasteiger partial charge in [-0.15, -0.1) is 0 Å². The highest BCUT2D eigenvalue weighted by atomic mass is 16.2. The fourth-order valence-corrected chi connectivity index (χ4v) is 3.36. The van der Waals surface area contributed by atoms with Crippen LogP contribution in [0.15, 0.2) is 12.1 Å². The van der Waals surface area contributed by atoms with E-state index in [0.29, 0.717) is 0 Å². The summed E-state index contributed by atoms with van der Waals surface area (Å²) in [5, 5.41) is 3.15. The summed E-state index contributed by atoms with van der Waals surface area (Å²) in [5.41, 5.74) is 4.53. The van der Waals surface area contributed by atoms with Gasteiger partial charge < -0.3 is 10.2 Å². The highest BCUT2D eigenvalue weighted by molar-refractivity contribution is 5.95. The molecule has 1 fully saturated rings. The minimum absolute atomic E-state index is 0.0256. The molecule has 0 aromatic heterocycles. The smallest absolute Gasteiger partial charge is 0.282 e. The van der Waals surface area contributed by atoms with Gasteiger partial charge in [0.1, 0.15) is 0 Å². The highest BCUT2D eigenvalue weighted by Crippen LogP contribution is 2.22. The van der Waals surface area contributed by atoms with Gasteiger partial charge in [0.2, 0.25) is 0 Å². The van der Waals surface area contributed by atoms with Crippen molar-refractivity contribution in [2.45, 2.75) is 53.5 Å². The third-order valence-corrected chi connectivity index (χ3v) is 4.85. The summed E-state index contributed by atoms with van der Waals surface area (Å²) in [6, 6.07) is 4.28. The lowest BCUT2D eigenvalue weighted by molar-refractivity contribution is -0.919. The van der Waals surface area contributed by atoms with E-state index in [0.717, 1.165) is 35.8 Å². The Bertz CT molecular complexity index is 493. The number of likely N-dealkylation sites (tertiary alicyclic amines) is 1. The van der Waals surface area contributed by atoms with Crippen LogP contribution in [0.25, 0.3) is 0 Å². The maximum absolute atomic E-state index is 12.6. The van der Waals surface area contributed by atoms with E-state index in [2.05, 4.69) is 52.1 Å². The van der Waals surface area contributed by atoms with Crippen LogP contribution in [0.4, 0.5) is 5.69 Å². The van der Waals surface area contributed by atoms with E-state index in [1.807, 2.05) is 0 Å². The van der Waals surface area contributed by atoms with Crippen LogP contribution in [0.3, 0.4) is 0 Å². The Hall–Kier alpha value is -1.35. The van der Waals surface area contributed by atoms with Gasteiger partial charge in [-0.1, -0.05) is 24.6 Å². The number of rotatable bonds is 3. The van der Waals surface area contributed by atoms with E-state index in [-0.39, 0.29) is 11.9 Å². The second kappa shape index (κ2) is 6.61. The minimum Gasteiger partial charge on any atom is -0.325 e. The maximum Gasteiger partial charge on any atom is 0.282 e. The fraction of sp³-hybridized carbons (Fsp3) is 0.611. The number of hydrogen-bond donors (Lipinski definition) is 2. The number of piperidine rings is 1. The number of carbonyl (C=O) groups is 1. The van der Waals surface area contributed by atoms with Crippen LogP contribution >= 0.6 is 0 Å². The molecule has 0 bridgehead atoms. The normalized spacial score (nSPS) is 23.7. The first-order chi connectivity index (χ1) is 9.88. The van der Waals surface area contributed by atoms with Crippen molar-refractivity contribution in [3.8, 4) is 0 Å². The summed E-state index contributed by atoms with van der Waals surface area (Å²) in [7, 11) is 0. The zero-order valence-corrected chi connectivity index (χ0v) is 14.0. The summed E-state index contributed by atoms with van der Waals surface area (Å²) >= 11 is 0. The molecular weight excluding hydrogens is 260 g/mol. The Balaban J connectivity index is 2.04. The lowest BCUT2D eigenvalue weighted by Crippen LogP contribution is -3.17. The molecule has 3 heteroatoms. The van der Waals surface area contributed by atoms with E-state index in [4.69, 9.17) is 0 Å². The van der Waals surface area contributed by atoms with Gasteiger partial charge in [-0.05, 0) is 57.6 Å². The lowest BCUT2D eigenvalue weighted by Gasteiger charge is -2.31. The number of nitrogens with one attached hydrogen (secondary N) is 2. The molecule has 1 amide bonds. The quantitative estimate of drug-likeness (QED) is 0.879. The first kappa shape index (κ1) is 16.0. The number of quaternary nitrogens is 1. The topological polar surface area (TPSA) is 33.5 Å². The van der Waals surface area contributed by atoms with E-state index in [9.17, 15) is 4.79 Å². The number of aryl methyl sites for hydroxylation is 3. The monoisotopic (exact) mass is 289 g/mol. The molecule has 1 aliphatic rings. The van der Waals surface area contributed by atoms with Gasteiger partial charge in [-0.25, -0.2) is 0 Å². The molecule has 3 nitrogen and oxygen atoms in total. The highest BCUT2D eigenvalue weighted by Gasteiger charge is 2.29. The molecule has 0 unspecified atom stereocenters. The summed E-state index contributed by atoms with van der Waals surface area (Å²) < 4.78 is 0. The summed E-state index contributed by atoms with van der Waals surface area (Å²) in [6.45, 7) is 12.8. The third-order valence-electron chi connectivity index (χ3n) is 4.85. The molecule has 2 N–H and O–H groups in total. The summed E-state index contributed by atoms with van der Waals surface area (Å²) in [5.74, 6) is 0.959. The molecule has 0 saturated carbocycles. The van der Waals surface area contributed by atoms with Crippen molar-refractivity contribution in [1.29, 1.82) is 0 Å². The van der Waals surface area contributed by atoms with E-state index < -0.39 is 0 Å². The number of anilines is 1. The van der Waals surface area contributed by atoms with Gasteiger partial charge in [0.05, 0.1) is 13.1 Å². The fourth-order valence-electron chi connectivity index (χ4n) is 3.36. The van der Waals surface area contributed by atoms with Gasteiger partial charge >= 0.3 is 0 Å². The Kier molecular flexibility index (Phi) is 5.04. The zero-order valence-electron chi connectivity index (χ0n) is 14.0. The largest absolute Gasteiger partial charge is 0.325 e. The van der Waals surface area contributed by atoms with Gasteiger partial charge in [-0.3, -0.25) is 4.79 Å². The van der Waals surface area contributed by atoms with Crippen molar-refractivity contribution in [2.24, 2.45) is 5.92 Å². The van der Waals surface area contributed by atoms with E-state index in [1.165, 1.54) is 23.3 Å². The van der Waals surface area contributed by atoms with Gasteiger partial charge in [0, 0.05) is 5.69 Å². The van der Waals surface area contributed by atoms with Crippen molar-refractivity contribution in [2.75, 3.05) is 18.4 Å². The first-order valence-electron chi connectivity index (χ1n) is 8.11. The minimum atomic E-state index is 0.0256. The van der Waals surface area contributed by atoms with Crippen molar-refractivity contribution >= 4 is 11.6 Å². The molecule has 1 aromatic rings.